The molecule has 0 radical (unpaired) electrons. The van der Waals surface area contributed by atoms with Crippen molar-refractivity contribution in [2.75, 3.05) is 6.54 Å². The van der Waals surface area contributed by atoms with E-state index in [-0.39, 0.29) is 12.1 Å². The van der Waals surface area contributed by atoms with Gasteiger partial charge in [0.25, 0.3) is 10.2 Å². The van der Waals surface area contributed by atoms with Crippen LogP contribution in [0.2, 0.25) is 0 Å². The SMILES string of the molecule is CC(C)NS(=O)(=O)NC(C)CCN. The highest BCUT2D eigenvalue weighted by Crippen LogP contribution is 1.91. The average Bonchev–Trinajstić information content (AvgIpc) is 1.81. The van der Waals surface area contributed by atoms with Crippen LogP contribution in [0.3, 0.4) is 0 Å². The molecule has 80 valence electrons. The first-order chi connectivity index (χ1) is 5.87. The molecule has 13 heavy (non-hydrogen) atoms. The van der Waals surface area contributed by atoms with Gasteiger partial charge >= 0.3 is 0 Å². The summed E-state index contributed by atoms with van der Waals surface area (Å²) in [6.45, 7) is 5.80. The zero-order valence-electron chi connectivity index (χ0n) is 8.37. The topological polar surface area (TPSA) is 84.2 Å². The summed E-state index contributed by atoms with van der Waals surface area (Å²) in [5.74, 6) is 0. The first kappa shape index (κ1) is 12.8. The summed E-state index contributed by atoms with van der Waals surface area (Å²) in [5, 5.41) is 0. The van der Waals surface area contributed by atoms with E-state index >= 15 is 0 Å². The van der Waals surface area contributed by atoms with E-state index in [0.29, 0.717) is 13.0 Å². The van der Waals surface area contributed by atoms with E-state index in [4.69, 9.17) is 5.73 Å². The molecular weight excluding hydrogens is 190 g/mol. The van der Waals surface area contributed by atoms with Crippen molar-refractivity contribution < 1.29 is 8.42 Å². The third kappa shape index (κ3) is 6.94. The van der Waals surface area contributed by atoms with Crippen molar-refractivity contribution in [1.82, 2.24) is 9.44 Å². The van der Waals surface area contributed by atoms with Gasteiger partial charge in [-0.25, -0.2) is 0 Å². The van der Waals surface area contributed by atoms with E-state index in [9.17, 15) is 8.42 Å². The van der Waals surface area contributed by atoms with Gasteiger partial charge in [-0.15, -0.1) is 0 Å². The highest BCUT2D eigenvalue weighted by atomic mass is 32.2. The highest BCUT2D eigenvalue weighted by Gasteiger charge is 2.13. The number of hydrogen-bond acceptors (Lipinski definition) is 3. The second-order valence-corrected chi connectivity index (χ2v) is 4.85. The lowest BCUT2D eigenvalue weighted by molar-refractivity contribution is 0.528. The molecule has 0 aromatic carbocycles. The molecule has 0 saturated heterocycles. The average molecular weight is 209 g/mol. The molecular formula is C7H19N3O2S. The van der Waals surface area contributed by atoms with Crippen LogP contribution in [0.1, 0.15) is 27.2 Å². The lowest BCUT2D eigenvalue weighted by Crippen LogP contribution is -2.44. The smallest absolute Gasteiger partial charge is 0.277 e. The lowest BCUT2D eigenvalue weighted by Gasteiger charge is -2.15. The lowest BCUT2D eigenvalue weighted by atomic mass is 10.3. The molecule has 0 aliphatic carbocycles. The van der Waals surface area contributed by atoms with Crippen molar-refractivity contribution in [3.8, 4) is 0 Å². The molecule has 0 heterocycles. The van der Waals surface area contributed by atoms with Crippen LogP contribution in [0.25, 0.3) is 0 Å². The van der Waals surface area contributed by atoms with E-state index in [1.807, 2.05) is 0 Å². The number of nitrogens with two attached hydrogens (primary N) is 1. The van der Waals surface area contributed by atoms with Gasteiger partial charge in [-0.2, -0.15) is 17.9 Å². The van der Waals surface area contributed by atoms with Crippen LogP contribution in [0, 0.1) is 0 Å². The van der Waals surface area contributed by atoms with Gasteiger partial charge in [0.2, 0.25) is 0 Å². The minimum Gasteiger partial charge on any atom is -0.330 e. The third-order valence-corrected chi connectivity index (χ3v) is 2.84. The van der Waals surface area contributed by atoms with Gasteiger partial charge in [-0.1, -0.05) is 0 Å². The fourth-order valence-corrected chi connectivity index (χ4v) is 2.25. The van der Waals surface area contributed by atoms with Crippen molar-refractivity contribution in [1.29, 1.82) is 0 Å². The van der Waals surface area contributed by atoms with E-state index in [2.05, 4.69) is 9.44 Å². The fraction of sp³-hybridized carbons (Fsp3) is 1.00. The van der Waals surface area contributed by atoms with Crippen LogP contribution < -0.4 is 15.2 Å². The molecule has 0 saturated carbocycles. The predicted molar refractivity (Wildman–Crippen MR) is 53.5 cm³/mol. The van der Waals surface area contributed by atoms with Crippen LogP contribution in [-0.4, -0.2) is 27.0 Å². The van der Waals surface area contributed by atoms with Gasteiger partial charge in [0.1, 0.15) is 0 Å². The fourth-order valence-electron chi connectivity index (χ4n) is 0.918. The molecule has 0 aliphatic heterocycles. The maximum atomic E-state index is 11.3. The van der Waals surface area contributed by atoms with Crippen LogP contribution in [0.4, 0.5) is 0 Å². The van der Waals surface area contributed by atoms with Crippen molar-refractivity contribution in [3.63, 3.8) is 0 Å². The number of nitrogens with one attached hydrogen (secondary N) is 2. The minimum atomic E-state index is -3.36. The van der Waals surface area contributed by atoms with Crippen molar-refractivity contribution in [2.24, 2.45) is 5.73 Å². The summed E-state index contributed by atoms with van der Waals surface area (Å²) in [6.07, 6.45) is 0.638. The summed E-state index contributed by atoms with van der Waals surface area (Å²) < 4.78 is 27.4. The van der Waals surface area contributed by atoms with Gasteiger partial charge in [-0.3, -0.25) is 0 Å². The Morgan fingerprint density at radius 1 is 1.23 bits per heavy atom. The molecule has 0 fully saturated rings. The molecule has 1 atom stereocenters. The first-order valence-corrected chi connectivity index (χ1v) is 5.85. The second-order valence-electron chi connectivity index (χ2n) is 3.37. The highest BCUT2D eigenvalue weighted by molar-refractivity contribution is 7.87. The Balaban J connectivity index is 4.02. The van der Waals surface area contributed by atoms with Crippen LogP contribution in [0.15, 0.2) is 0 Å². The molecule has 0 rings (SSSR count). The number of hydrogen-bond donors (Lipinski definition) is 3. The van der Waals surface area contributed by atoms with E-state index < -0.39 is 10.2 Å². The summed E-state index contributed by atoms with van der Waals surface area (Å²) in [6, 6.07) is -0.219. The summed E-state index contributed by atoms with van der Waals surface area (Å²) in [7, 11) is -3.36. The minimum absolute atomic E-state index is 0.0948. The molecule has 0 aromatic rings. The maximum Gasteiger partial charge on any atom is 0.277 e. The van der Waals surface area contributed by atoms with Crippen molar-refractivity contribution >= 4 is 10.2 Å². The van der Waals surface area contributed by atoms with Gasteiger partial charge in [-0.05, 0) is 33.7 Å². The zero-order valence-corrected chi connectivity index (χ0v) is 9.19. The summed E-state index contributed by atoms with van der Waals surface area (Å²) >= 11 is 0. The maximum absolute atomic E-state index is 11.3. The molecule has 0 spiro atoms. The molecule has 0 bridgehead atoms. The molecule has 5 nitrogen and oxygen atoms in total. The quantitative estimate of drug-likeness (QED) is 0.554. The second kappa shape index (κ2) is 5.54. The van der Waals surface area contributed by atoms with Crippen LogP contribution in [-0.2, 0) is 10.2 Å². The van der Waals surface area contributed by atoms with E-state index in [0.717, 1.165) is 0 Å². The molecule has 6 heteroatoms. The first-order valence-electron chi connectivity index (χ1n) is 4.37. The zero-order chi connectivity index (χ0) is 10.5. The van der Waals surface area contributed by atoms with Crippen LogP contribution in [0.5, 0.6) is 0 Å². The molecule has 0 amide bonds. The monoisotopic (exact) mass is 209 g/mol. The van der Waals surface area contributed by atoms with Crippen LogP contribution >= 0.6 is 0 Å². The largest absolute Gasteiger partial charge is 0.330 e. The Morgan fingerprint density at radius 3 is 2.15 bits per heavy atom. The number of rotatable bonds is 6. The molecule has 0 aromatic heterocycles. The van der Waals surface area contributed by atoms with Gasteiger partial charge in [0.05, 0.1) is 0 Å². The Hall–Kier alpha value is -0.170. The van der Waals surface area contributed by atoms with Gasteiger partial charge in [0, 0.05) is 12.1 Å². The Morgan fingerprint density at radius 2 is 1.77 bits per heavy atom. The third-order valence-electron chi connectivity index (χ3n) is 1.35. The Kier molecular flexibility index (Phi) is 5.46. The predicted octanol–water partition coefficient (Wildman–Crippen LogP) is -0.444. The van der Waals surface area contributed by atoms with E-state index in [1.54, 1.807) is 20.8 Å². The standard InChI is InChI=1S/C7H19N3O2S/c1-6(2)9-13(11,12)10-7(3)4-5-8/h6-7,9-10H,4-5,8H2,1-3H3. The van der Waals surface area contributed by atoms with Gasteiger partial charge in [0.15, 0.2) is 0 Å². The summed E-state index contributed by atoms with van der Waals surface area (Å²) in [5.41, 5.74) is 5.29. The van der Waals surface area contributed by atoms with Gasteiger partial charge < -0.3 is 5.73 Å². The summed E-state index contributed by atoms with van der Waals surface area (Å²) in [4.78, 5) is 0. The molecule has 1 unspecified atom stereocenters. The van der Waals surface area contributed by atoms with Crippen molar-refractivity contribution in [3.05, 3.63) is 0 Å². The molecule has 4 N–H and O–H groups in total. The van der Waals surface area contributed by atoms with Crippen molar-refractivity contribution in [2.45, 2.75) is 39.3 Å². The Labute approximate surface area is 80.3 Å². The Bertz CT molecular complexity index is 226. The normalized spacial score (nSPS) is 14.8. The molecule has 0 aliphatic rings. The van der Waals surface area contributed by atoms with E-state index in [1.165, 1.54) is 0 Å².